The van der Waals surface area contributed by atoms with Crippen LogP contribution in [0.1, 0.15) is 70.8 Å². The number of aryl methyl sites for hydroxylation is 1. The van der Waals surface area contributed by atoms with Crippen molar-refractivity contribution >= 4 is 6.03 Å². The zero-order valence-electron chi connectivity index (χ0n) is 18.9. The predicted octanol–water partition coefficient (Wildman–Crippen LogP) is 5.60. The third-order valence-electron chi connectivity index (χ3n) is 7.75. The van der Waals surface area contributed by atoms with Crippen LogP contribution in [0.25, 0.3) is 0 Å². The molecule has 4 bridgehead atoms. The SMILES string of the molecule is CC(C)=CCN(CCC12CC3CC(CC(C3)C1)C2)C(=O)NCCCc1ccncc1. The standard InChI is InChI=1S/C26H39N3O/c1-20(2)7-12-29(25(30)28-9-3-4-21-5-10-27-11-6-21)13-8-26-17-22-14-23(18-26)16-24(15-22)19-26/h5-7,10-11,22-24H,3-4,8-9,12-19H2,1-2H3,(H,28,30). The van der Waals surface area contributed by atoms with Gasteiger partial charge in [0.1, 0.15) is 0 Å². The molecule has 0 aliphatic heterocycles. The lowest BCUT2D eigenvalue weighted by Crippen LogP contribution is -2.48. The number of carbonyl (C=O) groups excluding carboxylic acids is 1. The summed E-state index contributed by atoms with van der Waals surface area (Å²) in [6.45, 7) is 6.58. The molecule has 4 heteroatoms. The van der Waals surface area contributed by atoms with Crippen LogP contribution in [-0.4, -0.2) is 35.5 Å². The molecular formula is C26H39N3O. The molecule has 0 radical (unpaired) electrons. The second-order valence-electron chi connectivity index (χ2n) is 10.6. The van der Waals surface area contributed by atoms with Crippen molar-refractivity contribution in [3.8, 4) is 0 Å². The van der Waals surface area contributed by atoms with Gasteiger partial charge in [0.25, 0.3) is 0 Å². The van der Waals surface area contributed by atoms with E-state index in [0.717, 1.165) is 50.2 Å². The van der Waals surface area contributed by atoms with E-state index in [1.54, 1.807) is 0 Å². The van der Waals surface area contributed by atoms with E-state index < -0.39 is 0 Å². The molecule has 4 saturated carbocycles. The molecule has 1 aromatic rings. The Bertz CT molecular complexity index is 703. The van der Waals surface area contributed by atoms with Crippen LogP contribution < -0.4 is 5.32 Å². The molecule has 164 valence electrons. The van der Waals surface area contributed by atoms with Crippen LogP contribution in [0.3, 0.4) is 0 Å². The van der Waals surface area contributed by atoms with Crippen LogP contribution >= 0.6 is 0 Å². The topological polar surface area (TPSA) is 45.2 Å². The summed E-state index contributed by atoms with van der Waals surface area (Å²) in [5.41, 5.74) is 3.09. The monoisotopic (exact) mass is 409 g/mol. The molecule has 1 N–H and O–H groups in total. The lowest BCUT2D eigenvalue weighted by Gasteiger charge is -2.57. The Hall–Kier alpha value is -1.84. The van der Waals surface area contributed by atoms with Crippen molar-refractivity contribution in [1.29, 1.82) is 0 Å². The molecule has 4 aliphatic carbocycles. The van der Waals surface area contributed by atoms with Crippen molar-refractivity contribution < 1.29 is 4.79 Å². The van der Waals surface area contributed by atoms with Crippen LogP contribution in [-0.2, 0) is 6.42 Å². The maximum Gasteiger partial charge on any atom is 0.317 e. The molecule has 0 atom stereocenters. The normalized spacial score (nSPS) is 28.9. The number of aromatic nitrogens is 1. The summed E-state index contributed by atoms with van der Waals surface area (Å²) in [6, 6.07) is 4.20. The van der Waals surface area contributed by atoms with E-state index in [0.29, 0.717) is 5.41 Å². The average molecular weight is 410 g/mol. The Morgan fingerprint density at radius 3 is 2.37 bits per heavy atom. The first kappa shape index (κ1) is 21.4. The third-order valence-corrected chi connectivity index (χ3v) is 7.75. The smallest absolute Gasteiger partial charge is 0.317 e. The van der Waals surface area contributed by atoms with Crippen molar-refractivity contribution in [2.75, 3.05) is 19.6 Å². The van der Waals surface area contributed by atoms with Crippen molar-refractivity contribution in [3.63, 3.8) is 0 Å². The Balaban J connectivity index is 1.28. The van der Waals surface area contributed by atoms with Crippen LogP contribution in [0.2, 0.25) is 0 Å². The molecule has 4 fully saturated rings. The number of nitrogens with one attached hydrogen (secondary N) is 1. The Labute approximate surface area is 182 Å². The summed E-state index contributed by atoms with van der Waals surface area (Å²) in [5.74, 6) is 2.93. The summed E-state index contributed by atoms with van der Waals surface area (Å²) in [5, 5.41) is 3.18. The number of carbonyl (C=O) groups is 1. The van der Waals surface area contributed by atoms with Crippen molar-refractivity contribution in [2.24, 2.45) is 23.2 Å². The minimum Gasteiger partial charge on any atom is -0.338 e. The van der Waals surface area contributed by atoms with Crippen LogP contribution in [0.4, 0.5) is 4.79 Å². The highest BCUT2D eigenvalue weighted by molar-refractivity contribution is 5.74. The first-order valence-electron chi connectivity index (χ1n) is 12.1. The van der Waals surface area contributed by atoms with E-state index >= 15 is 0 Å². The quantitative estimate of drug-likeness (QED) is 0.426. The lowest BCUT2D eigenvalue weighted by molar-refractivity contribution is -0.0593. The van der Waals surface area contributed by atoms with Gasteiger partial charge < -0.3 is 10.2 Å². The molecule has 2 amide bonds. The predicted molar refractivity (Wildman–Crippen MR) is 122 cm³/mol. The summed E-state index contributed by atoms with van der Waals surface area (Å²) in [7, 11) is 0. The molecule has 1 aromatic heterocycles. The fourth-order valence-corrected chi connectivity index (χ4v) is 6.69. The van der Waals surface area contributed by atoms with Gasteiger partial charge in [-0.3, -0.25) is 4.98 Å². The number of hydrogen-bond acceptors (Lipinski definition) is 2. The maximum atomic E-state index is 13.0. The minimum atomic E-state index is 0.104. The van der Waals surface area contributed by atoms with Gasteiger partial charge in [0, 0.05) is 32.0 Å². The molecule has 1 heterocycles. The third kappa shape index (κ3) is 5.44. The van der Waals surface area contributed by atoms with Gasteiger partial charge in [-0.1, -0.05) is 11.6 Å². The fourth-order valence-electron chi connectivity index (χ4n) is 6.69. The van der Waals surface area contributed by atoms with E-state index in [1.807, 2.05) is 12.4 Å². The van der Waals surface area contributed by atoms with E-state index in [9.17, 15) is 4.79 Å². The van der Waals surface area contributed by atoms with Gasteiger partial charge in [0.2, 0.25) is 0 Å². The highest BCUT2D eigenvalue weighted by Gasteiger charge is 2.50. The zero-order chi connectivity index (χ0) is 21.0. The molecule has 0 aromatic carbocycles. The van der Waals surface area contributed by atoms with Gasteiger partial charge in [-0.15, -0.1) is 0 Å². The molecule has 0 saturated heterocycles. The number of nitrogens with zero attached hydrogens (tertiary/aromatic N) is 2. The minimum absolute atomic E-state index is 0.104. The average Bonchev–Trinajstić information content (AvgIpc) is 2.70. The van der Waals surface area contributed by atoms with E-state index in [4.69, 9.17) is 0 Å². The highest BCUT2D eigenvalue weighted by Crippen LogP contribution is 2.61. The Kier molecular flexibility index (Phi) is 6.80. The Morgan fingerprint density at radius 1 is 1.13 bits per heavy atom. The van der Waals surface area contributed by atoms with Crippen molar-refractivity contribution in [1.82, 2.24) is 15.2 Å². The molecule has 4 nitrogen and oxygen atoms in total. The number of rotatable bonds is 9. The van der Waals surface area contributed by atoms with Crippen LogP contribution in [0.5, 0.6) is 0 Å². The molecule has 0 unspecified atom stereocenters. The number of hydrogen-bond donors (Lipinski definition) is 1. The van der Waals surface area contributed by atoms with Gasteiger partial charge in [-0.2, -0.15) is 0 Å². The van der Waals surface area contributed by atoms with Gasteiger partial charge in [0.15, 0.2) is 0 Å². The highest BCUT2D eigenvalue weighted by atomic mass is 16.2. The number of allylic oxidation sites excluding steroid dienone is 1. The van der Waals surface area contributed by atoms with E-state index in [-0.39, 0.29) is 6.03 Å². The second kappa shape index (κ2) is 9.53. The molecular weight excluding hydrogens is 370 g/mol. The van der Waals surface area contributed by atoms with Crippen molar-refractivity contribution in [2.45, 2.75) is 71.6 Å². The van der Waals surface area contributed by atoms with Gasteiger partial charge >= 0.3 is 6.03 Å². The fraction of sp³-hybridized carbons (Fsp3) is 0.692. The summed E-state index contributed by atoms with van der Waals surface area (Å²) < 4.78 is 0. The van der Waals surface area contributed by atoms with E-state index in [1.165, 1.54) is 56.1 Å². The summed E-state index contributed by atoms with van der Waals surface area (Å²) >= 11 is 0. The summed E-state index contributed by atoms with van der Waals surface area (Å²) in [4.78, 5) is 19.1. The van der Waals surface area contributed by atoms with Crippen molar-refractivity contribution in [3.05, 3.63) is 41.7 Å². The second-order valence-corrected chi connectivity index (χ2v) is 10.6. The molecule has 4 aliphatic rings. The first-order valence-corrected chi connectivity index (χ1v) is 12.1. The maximum absolute atomic E-state index is 13.0. The van der Waals surface area contributed by atoms with E-state index in [2.05, 4.69) is 47.3 Å². The first-order chi connectivity index (χ1) is 14.5. The van der Waals surface area contributed by atoms with Gasteiger partial charge in [0.05, 0.1) is 0 Å². The largest absolute Gasteiger partial charge is 0.338 e. The molecule has 5 rings (SSSR count). The van der Waals surface area contributed by atoms with Crippen LogP contribution in [0, 0.1) is 23.2 Å². The van der Waals surface area contributed by atoms with Gasteiger partial charge in [-0.25, -0.2) is 4.79 Å². The molecule has 30 heavy (non-hydrogen) atoms. The van der Waals surface area contributed by atoms with Crippen LogP contribution in [0.15, 0.2) is 36.2 Å². The number of amides is 2. The lowest BCUT2D eigenvalue weighted by atomic mass is 9.49. The Morgan fingerprint density at radius 2 is 1.77 bits per heavy atom. The summed E-state index contributed by atoms with van der Waals surface area (Å²) in [6.07, 6.45) is 17.7. The number of urea groups is 1. The zero-order valence-corrected chi connectivity index (χ0v) is 18.9. The number of pyridine rings is 1. The molecule has 0 spiro atoms. The van der Waals surface area contributed by atoms with Gasteiger partial charge in [-0.05, 0) is 112 Å².